The van der Waals surface area contributed by atoms with Crippen LogP contribution < -0.4 is 4.90 Å². The molecule has 2 aromatic heterocycles. The van der Waals surface area contributed by atoms with E-state index in [1.54, 1.807) is 10.7 Å². The predicted molar refractivity (Wildman–Crippen MR) is 96.5 cm³/mol. The summed E-state index contributed by atoms with van der Waals surface area (Å²) >= 11 is 16.1. The lowest BCUT2D eigenvalue weighted by Gasteiger charge is -2.27. The first-order valence-corrected chi connectivity index (χ1v) is 8.90. The number of rotatable bonds is 2. The third-order valence-corrected chi connectivity index (χ3v) is 5.31. The van der Waals surface area contributed by atoms with Crippen molar-refractivity contribution < 1.29 is 0 Å². The van der Waals surface area contributed by atoms with E-state index < -0.39 is 0 Å². The predicted octanol–water partition coefficient (Wildman–Crippen LogP) is 5.14. The first-order chi connectivity index (χ1) is 11.1. The van der Waals surface area contributed by atoms with Crippen molar-refractivity contribution >= 4 is 50.6 Å². The number of aromatic nitrogens is 3. The molecule has 0 amide bonds. The third kappa shape index (κ3) is 2.71. The summed E-state index contributed by atoms with van der Waals surface area (Å²) in [6.45, 7) is 0.947. The minimum atomic E-state index is 0.192. The van der Waals surface area contributed by atoms with Crippen molar-refractivity contribution in [2.24, 2.45) is 0 Å². The lowest BCUT2D eigenvalue weighted by molar-refractivity contribution is 0.711. The molecule has 1 aliphatic heterocycles. The highest BCUT2D eigenvalue weighted by atomic mass is 79.9. The fourth-order valence-electron chi connectivity index (χ4n) is 3.13. The molecule has 3 heterocycles. The zero-order valence-corrected chi connectivity index (χ0v) is 15.2. The van der Waals surface area contributed by atoms with Crippen LogP contribution in [0.15, 0.2) is 41.1 Å². The van der Waals surface area contributed by atoms with E-state index in [1.165, 1.54) is 0 Å². The molecular formula is C16H13BrCl2N4. The zero-order chi connectivity index (χ0) is 16.0. The smallest absolute Gasteiger partial charge is 0.171 e. The largest absolute Gasteiger partial charge is 0.349 e. The number of hydrogen-bond donors (Lipinski definition) is 0. The maximum atomic E-state index is 6.40. The van der Waals surface area contributed by atoms with Gasteiger partial charge in [0.05, 0.1) is 16.7 Å². The van der Waals surface area contributed by atoms with Crippen LogP contribution in [0, 0.1) is 0 Å². The van der Waals surface area contributed by atoms with Gasteiger partial charge in [-0.15, -0.1) is 0 Å². The van der Waals surface area contributed by atoms with Crippen LogP contribution in [0.3, 0.4) is 0 Å². The molecule has 0 N–H and O–H groups in total. The molecule has 0 saturated carbocycles. The molecule has 1 atom stereocenters. The molecule has 1 aliphatic rings. The van der Waals surface area contributed by atoms with Gasteiger partial charge in [0.25, 0.3) is 0 Å². The number of hydrogen-bond acceptors (Lipinski definition) is 3. The summed E-state index contributed by atoms with van der Waals surface area (Å²) in [5.74, 6) is 0.928. The molecule has 1 fully saturated rings. The van der Waals surface area contributed by atoms with Crippen LogP contribution >= 0.6 is 39.1 Å². The molecule has 4 nitrogen and oxygen atoms in total. The molecule has 1 unspecified atom stereocenters. The van der Waals surface area contributed by atoms with Gasteiger partial charge in [-0.1, -0.05) is 23.2 Å². The molecule has 3 aromatic rings. The molecule has 1 saturated heterocycles. The summed E-state index contributed by atoms with van der Waals surface area (Å²) < 4.78 is 2.64. The Bertz CT molecular complexity index is 880. The van der Waals surface area contributed by atoms with Crippen LogP contribution in [0.1, 0.15) is 24.4 Å². The van der Waals surface area contributed by atoms with Gasteiger partial charge in [-0.3, -0.25) is 0 Å². The molecule has 0 aliphatic carbocycles. The molecule has 0 bridgehead atoms. The van der Waals surface area contributed by atoms with Crippen LogP contribution in [0.4, 0.5) is 5.82 Å². The van der Waals surface area contributed by atoms with E-state index in [0.29, 0.717) is 5.02 Å². The summed E-state index contributed by atoms with van der Waals surface area (Å²) in [6, 6.07) is 7.82. The van der Waals surface area contributed by atoms with Gasteiger partial charge in [0.15, 0.2) is 5.65 Å². The highest BCUT2D eigenvalue weighted by molar-refractivity contribution is 9.10. The average molecular weight is 412 g/mol. The van der Waals surface area contributed by atoms with Crippen molar-refractivity contribution in [2.45, 2.75) is 18.9 Å². The van der Waals surface area contributed by atoms with Crippen molar-refractivity contribution in [2.75, 3.05) is 11.4 Å². The molecule has 0 radical (unpaired) electrons. The number of benzene rings is 1. The SMILES string of the molecule is Clc1ccc(Cl)c(C2CCCN2c2ccn3ncc(Br)c3n2)c1. The molecule has 0 spiro atoms. The number of fused-ring (bicyclic) bond motifs is 1. The second-order valence-electron chi connectivity index (χ2n) is 5.56. The van der Waals surface area contributed by atoms with Crippen molar-refractivity contribution in [1.82, 2.24) is 14.6 Å². The molecule has 4 rings (SSSR count). The van der Waals surface area contributed by atoms with Gasteiger partial charge >= 0.3 is 0 Å². The van der Waals surface area contributed by atoms with Gasteiger partial charge in [0.2, 0.25) is 0 Å². The van der Waals surface area contributed by atoms with Crippen molar-refractivity contribution in [3.05, 3.63) is 56.7 Å². The lowest BCUT2D eigenvalue weighted by atomic mass is 10.0. The van der Waals surface area contributed by atoms with Crippen molar-refractivity contribution in [1.29, 1.82) is 0 Å². The first-order valence-electron chi connectivity index (χ1n) is 7.35. The Balaban J connectivity index is 1.76. The Hall–Kier alpha value is -1.30. The molecule has 118 valence electrons. The summed E-state index contributed by atoms with van der Waals surface area (Å²) in [6.07, 6.45) is 5.81. The molecule has 1 aromatic carbocycles. The summed E-state index contributed by atoms with van der Waals surface area (Å²) in [7, 11) is 0. The summed E-state index contributed by atoms with van der Waals surface area (Å²) in [5, 5.41) is 5.69. The van der Waals surface area contributed by atoms with Crippen LogP contribution in [0.2, 0.25) is 10.0 Å². The van der Waals surface area contributed by atoms with Crippen LogP contribution in [0.5, 0.6) is 0 Å². The second-order valence-corrected chi connectivity index (χ2v) is 7.26. The van der Waals surface area contributed by atoms with Gasteiger partial charge in [-0.05, 0) is 58.6 Å². The lowest BCUT2D eigenvalue weighted by Crippen LogP contribution is -2.24. The second kappa shape index (κ2) is 5.96. The van der Waals surface area contributed by atoms with E-state index in [9.17, 15) is 0 Å². The first kappa shape index (κ1) is 15.2. The van der Waals surface area contributed by atoms with E-state index in [1.807, 2.05) is 30.5 Å². The highest BCUT2D eigenvalue weighted by Crippen LogP contribution is 2.39. The van der Waals surface area contributed by atoms with E-state index in [2.05, 4.69) is 25.9 Å². The molecule has 23 heavy (non-hydrogen) atoms. The van der Waals surface area contributed by atoms with Crippen molar-refractivity contribution in [3.8, 4) is 0 Å². The van der Waals surface area contributed by atoms with Gasteiger partial charge in [-0.2, -0.15) is 5.10 Å². The summed E-state index contributed by atoms with van der Waals surface area (Å²) in [4.78, 5) is 7.04. The number of anilines is 1. The average Bonchev–Trinajstić information content (AvgIpc) is 3.17. The Morgan fingerprint density at radius 3 is 2.96 bits per heavy atom. The van der Waals surface area contributed by atoms with Gasteiger partial charge in [0, 0.05) is 22.8 Å². The monoisotopic (exact) mass is 410 g/mol. The maximum Gasteiger partial charge on any atom is 0.171 e. The fraction of sp³-hybridized carbons (Fsp3) is 0.250. The quantitative estimate of drug-likeness (QED) is 0.585. The summed E-state index contributed by atoms with van der Waals surface area (Å²) in [5.41, 5.74) is 1.87. The van der Waals surface area contributed by atoms with Crippen molar-refractivity contribution in [3.63, 3.8) is 0 Å². The third-order valence-electron chi connectivity index (χ3n) is 4.18. The Kier molecular flexibility index (Phi) is 3.95. The Morgan fingerprint density at radius 1 is 1.22 bits per heavy atom. The van der Waals surface area contributed by atoms with E-state index in [0.717, 1.165) is 45.9 Å². The van der Waals surface area contributed by atoms with Gasteiger partial charge in [0.1, 0.15) is 5.82 Å². The topological polar surface area (TPSA) is 33.4 Å². The number of halogens is 3. The van der Waals surface area contributed by atoms with E-state index in [-0.39, 0.29) is 6.04 Å². The molecule has 7 heteroatoms. The Morgan fingerprint density at radius 2 is 2.09 bits per heavy atom. The standard InChI is InChI=1S/C16H13BrCl2N4/c17-12-9-20-23-7-5-15(21-16(12)23)22-6-1-2-14(22)11-8-10(18)3-4-13(11)19/h3-5,7-9,14H,1-2,6H2. The van der Waals surface area contributed by atoms with E-state index >= 15 is 0 Å². The van der Waals surface area contributed by atoms with Gasteiger partial charge < -0.3 is 4.90 Å². The molecular weight excluding hydrogens is 399 g/mol. The van der Waals surface area contributed by atoms with Crippen LogP contribution in [-0.4, -0.2) is 21.1 Å². The fourth-order valence-corrected chi connectivity index (χ4v) is 3.91. The number of nitrogens with zero attached hydrogens (tertiary/aromatic N) is 4. The van der Waals surface area contributed by atoms with Crippen LogP contribution in [0.25, 0.3) is 5.65 Å². The van der Waals surface area contributed by atoms with Crippen LogP contribution in [-0.2, 0) is 0 Å². The minimum absolute atomic E-state index is 0.192. The Labute approximate surface area is 152 Å². The maximum absolute atomic E-state index is 6.40. The highest BCUT2D eigenvalue weighted by Gasteiger charge is 2.29. The minimum Gasteiger partial charge on any atom is -0.349 e. The van der Waals surface area contributed by atoms with Gasteiger partial charge in [-0.25, -0.2) is 9.50 Å². The van der Waals surface area contributed by atoms with E-state index in [4.69, 9.17) is 28.2 Å². The normalized spacial score (nSPS) is 18.0. The zero-order valence-electron chi connectivity index (χ0n) is 12.1.